The Hall–Kier alpha value is -1.85. The average Bonchev–Trinajstić information content (AvgIpc) is 2.63. The molecular weight excluding hydrogens is 222 g/mol. The number of carboxylic acids is 1. The van der Waals surface area contributed by atoms with E-state index < -0.39 is 5.97 Å². The molecule has 0 radical (unpaired) electrons. The lowest BCUT2D eigenvalue weighted by Crippen LogP contribution is -2.26. The Morgan fingerprint density at radius 2 is 2.18 bits per heavy atom. The highest BCUT2D eigenvalue weighted by atomic mass is 16.4. The molecule has 1 rings (SSSR count). The van der Waals surface area contributed by atoms with Gasteiger partial charge in [0.1, 0.15) is 0 Å². The van der Waals surface area contributed by atoms with Gasteiger partial charge in [0.05, 0.1) is 12.2 Å². The van der Waals surface area contributed by atoms with Crippen LogP contribution in [0.4, 0.5) is 0 Å². The highest BCUT2D eigenvalue weighted by Gasteiger charge is 2.11. The highest BCUT2D eigenvalue weighted by molar-refractivity contribution is 5.76. The van der Waals surface area contributed by atoms with Crippen molar-refractivity contribution in [2.24, 2.45) is 7.05 Å². The summed E-state index contributed by atoms with van der Waals surface area (Å²) < 4.78 is 1.68. The zero-order chi connectivity index (χ0) is 12.8. The molecule has 0 atom stereocenters. The number of aromatic nitrogens is 2. The molecule has 0 aliphatic carbocycles. The fourth-order valence-electron chi connectivity index (χ4n) is 1.46. The zero-order valence-electron chi connectivity index (χ0n) is 10.1. The number of aliphatic carboxylic acids is 1. The topological polar surface area (TPSA) is 75.4 Å². The molecule has 0 aliphatic heterocycles. The van der Waals surface area contributed by atoms with Crippen molar-refractivity contribution in [2.75, 3.05) is 7.05 Å². The van der Waals surface area contributed by atoms with Crippen LogP contribution in [0, 0.1) is 0 Å². The minimum atomic E-state index is -0.870. The van der Waals surface area contributed by atoms with E-state index in [2.05, 4.69) is 5.10 Å². The summed E-state index contributed by atoms with van der Waals surface area (Å²) in [7, 11) is 3.51. The molecule has 94 valence electrons. The van der Waals surface area contributed by atoms with E-state index in [1.54, 1.807) is 16.6 Å². The minimum absolute atomic E-state index is 0.0309. The van der Waals surface area contributed by atoms with Crippen molar-refractivity contribution < 1.29 is 14.7 Å². The third kappa shape index (κ3) is 4.67. The summed E-state index contributed by atoms with van der Waals surface area (Å²) in [4.78, 5) is 23.5. The van der Waals surface area contributed by atoms with E-state index in [0.717, 1.165) is 5.69 Å². The summed E-state index contributed by atoms with van der Waals surface area (Å²) in [5, 5.41) is 12.6. The van der Waals surface area contributed by atoms with Crippen LogP contribution in [0.5, 0.6) is 0 Å². The molecule has 0 saturated heterocycles. The third-order valence-corrected chi connectivity index (χ3v) is 2.38. The van der Waals surface area contributed by atoms with Crippen molar-refractivity contribution in [3.8, 4) is 0 Å². The zero-order valence-corrected chi connectivity index (χ0v) is 10.1. The summed E-state index contributed by atoms with van der Waals surface area (Å²) in [5.41, 5.74) is 0.821. The SMILES string of the molecule is CN(Cc1ccn(C)n1)C(=O)CCCC(=O)O. The van der Waals surface area contributed by atoms with Gasteiger partial charge in [-0.25, -0.2) is 0 Å². The predicted molar refractivity (Wildman–Crippen MR) is 61.2 cm³/mol. The first-order valence-corrected chi connectivity index (χ1v) is 5.43. The van der Waals surface area contributed by atoms with E-state index in [-0.39, 0.29) is 18.7 Å². The molecule has 0 bridgehead atoms. The largest absolute Gasteiger partial charge is 0.481 e. The lowest BCUT2D eigenvalue weighted by Gasteiger charge is -2.15. The number of carbonyl (C=O) groups excluding carboxylic acids is 1. The van der Waals surface area contributed by atoms with E-state index >= 15 is 0 Å². The summed E-state index contributed by atoms with van der Waals surface area (Å²) >= 11 is 0. The van der Waals surface area contributed by atoms with Crippen molar-refractivity contribution in [1.82, 2.24) is 14.7 Å². The number of carbonyl (C=O) groups is 2. The van der Waals surface area contributed by atoms with Crippen LogP contribution in [-0.2, 0) is 23.2 Å². The lowest BCUT2D eigenvalue weighted by atomic mass is 10.2. The van der Waals surface area contributed by atoms with E-state index in [1.807, 2.05) is 19.3 Å². The second-order valence-corrected chi connectivity index (χ2v) is 3.98. The molecule has 17 heavy (non-hydrogen) atoms. The van der Waals surface area contributed by atoms with Crippen molar-refractivity contribution >= 4 is 11.9 Å². The van der Waals surface area contributed by atoms with Gasteiger partial charge >= 0.3 is 5.97 Å². The Morgan fingerprint density at radius 3 is 2.71 bits per heavy atom. The molecule has 1 amide bonds. The fourth-order valence-corrected chi connectivity index (χ4v) is 1.46. The normalized spacial score (nSPS) is 10.2. The van der Waals surface area contributed by atoms with Crippen LogP contribution in [0.15, 0.2) is 12.3 Å². The van der Waals surface area contributed by atoms with Crippen LogP contribution < -0.4 is 0 Å². The molecule has 6 nitrogen and oxygen atoms in total. The Morgan fingerprint density at radius 1 is 1.47 bits per heavy atom. The molecule has 0 aliphatic rings. The number of hydrogen-bond acceptors (Lipinski definition) is 3. The fraction of sp³-hybridized carbons (Fsp3) is 0.545. The monoisotopic (exact) mass is 239 g/mol. The van der Waals surface area contributed by atoms with Gasteiger partial charge in [-0.05, 0) is 12.5 Å². The van der Waals surface area contributed by atoms with Gasteiger partial charge < -0.3 is 10.0 Å². The number of carboxylic acid groups (broad SMARTS) is 1. The van der Waals surface area contributed by atoms with Gasteiger partial charge in [-0.2, -0.15) is 5.10 Å². The van der Waals surface area contributed by atoms with E-state index in [4.69, 9.17) is 5.11 Å². The van der Waals surface area contributed by atoms with Crippen LogP contribution in [0.1, 0.15) is 25.0 Å². The number of aryl methyl sites for hydroxylation is 1. The summed E-state index contributed by atoms with van der Waals surface area (Å²) in [6, 6.07) is 1.85. The molecule has 0 spiro atoms. The molecule has 1 aromatic heterocycles. The maximum atomic E-state index is 11.6. The molecule has 0 unspecified atom stereocenters. The lowest BCUT2D eigenvalue weighted by molar-refractivity contribution is -0.137. The predicted octanol–water partition coefficient (Wildman–Crippen LogP) is 0.633. The van der Waals surface area contributed by atoms with Crippen LogP contribution in [0.2, 0.25) is 0 Å². The van der Waals surface area contributed by atoms with E-state index in [0.29, 0.717) is 13.0 Å². The quantitative estimate of drug-likeness (QED) is 0.790. The van der Waals surface area contributed by atoms with E-state index in [9.17, 15) is 9.59 Å². The van der Waals surface area contributed by atoms with Gasteiger partial charge in [0.15, 0.2) is 0 Å². The average molecular weight is 239 g/mol. The smallest absolute Gasteiger partial charge is 0.303 e. The molecule has 1 N–H and O–H groups in total. The van der Waals surface area contributed by atoms with Crippen molar-refractivity contribution in [1.29, 1.82) is 0 Å². The number of nitrogens with zero attached hydrogens (tertiary/aromatic N) is 3. The van der Waals surface area contributed by atoms with Crippen LogP contribution in [0.3, 0.4) is 0 Å². The molecule has 0 fully saturated rings. The Bertz CT molecular complexity index is 400. The first-order chi connectivity index (χ1) is 7.99. The van der Waals surface area contributed by atoms with Crippen molar-refractivity contribution in [3.63, 3.8) is 0 Å². The second kappa shape index (κ2) is 6.03. The maximum absolute atomic E-state index is 11.6. The maximum Gasteiger partial charge on any atom is 0.303 e. The second-order valence-electron chi connectivity index (χ2n) is 3.98. The van der Waals surface area contributed by atoms with Gasteiger partial charge in [0.25, 0.3) is 0 Å². The highest BCUT2D eigenvalue weighted by Crippen LogP contribution is 2.04. The van der Waals surface area contributed by atoms with Crippen LogP contribution in [0.25, 0.3) is 0 Å². The van der Waals surface area contributed by atoms with Gasteiger partial charge in [-0.15, -0.1) is 0 Å². The summed E-state index contributed by atoms with van der Waals surface area (Å²) in [5.74, 6) is -0.929. The third-order valence-electron chi connectivity index (χ3n) is 2.38. The summed E-state index contributed by atoms with van der Waals surface area (Å²) in [6.45, 7) is 0.451. The standard InChI is InChI=1S/C11H17N3O3/c1-13(8-9-6-7-14(2)12-9)10(15)4-3-5-11(16)17/h6-7H,3-5,8H2,1-2H3,(H,16,17). The Balaban J connectivity index is 2.34. The number of amides is 1. The molecule has 0 aromatic carbocycles. The van der Waals surface area contributed by atoms with Crippen LogP contribution >= 0.6 is 0 Å². The molecule has 6 heteroatoms. The first-order valence-electron chi connectivity index (χ1n) is 5.43. The van der Waals surface area contributed by atoms with E-state index in [1.165, 1.54) is 0 Å². The molecule has 1 heterocycles. The van der Waals surface area contributed by atoms with Gasteiger partial charge in [-0.1, -0.05) is 0 Å². The molecule has 0 saturated carbocycles. The summed E-state index contributed by atoms with van der Waals surface area (Å²) in [6.07, 6.45) is 2.48. The number of rotatable bonds is 6. The first kappa shape index (κ1) is 13.2. The van der Waals surface area contributed by atoms with Gasteiger partial charge in [0.2, 0.25) is 5.91 Å². The Labute approximate surface area is 99.8 Å². The van der Waals surface area contributed by atoms with Gasteiger partial charge in [0, 0.05) is 33.1 Å². The van der Waals surface area contributed by atoms with Crippen LogP contribution in [-0.4, -0.2) is 38.7 Å². The Kier molecular flexibility index (Phi) is 4.68. The minimum Gasteiger partial charge on any atom is -0.481 e. The van der Waals surface area contributed by atoms with Gasteiger partial charge in [-0.3, -0.25) is 14.3 Å². The van der Waals surface area contributed by atoms with Crippen molar-refractivity contribution in [3.05, 3.63) is 18.0 Å². The number of hydrogen-bond donors (Lipinski definition) is 1. The molecule has 1 aromatic rings. The van der Waals surface area contributed by atoms with Crippen molar-refractivity contribution in [2.45, 2.75) is 25.8 Å². The molecular formula is C11H17N3O3.